The van der Waals surface area contributed by atoms with Crippen molar-refractivity contribution < 1.29 is 33.4 Å². The van der Waals surface area contributed by atoms with Crippen molar-refractivity contribution in [1.82, 2.24) is 0 Å². The molecule has 0 heterocycles. The first-order valence-corrected chi connectivity index (χ1v) is 11.3. The van der Waals surface area contributed by atoms with Crippen LogP contribution in [0.1, 0.15) is 21.5 Å². The number of carbonyl (C=O) groups is 1. The van der Waals surface area contributed by atoms with Gasteiger partial charge in [-0.25, -0.2) is 9.18 Å². The molecule has 0 atom stereocenters. The predicted molar refractivity (Wildman–Crippen MR) is 140 cm³/mol. The fourth-order valence-electron chi connectivity index (χ4n) is 3.83. The van der Waals surface area contributed by atoms with Gasteiger partial charge in [0.25, 0.3) is 0 Å². The van der Waals surface area contributed by atoms with Crippen molar-refractivity contribution in [2.45, 2.75) is 0 Å². The summed E-state index contributed by atoms with van der Waals surface area (Å²) >= 11 is 0. The first-order valence-electron chi connectivity index (χ1n) is 11.3. The largest absolute Gasteiger partial charge is 0.493 e. The lowest BCUT2D eigenvalue weighted by molar-refractivity contribution is -0.385. The van der Waals surface area contributed by atoms with Gasteiger partial charge in [-0.2, -0.15) is 0 Å². The minimum absolute atomic E-state index is 0.0109. The third kappa shape index (κ3) is 5.62. The number of nitro benzene ring substituents is 1. The van der Waals surface area contributed by atoms with Crippen LogP contribution in [0.3, 0.4) is 0 Å². The summed E-state index contributed by atoms with van der Waals surface area (Å²) in [5, 5.41) is 21.5. The van der Waals surface area contributed by atoms with Gasteiger partial charge in [0.15, 0.2) is 11.5 Å². The van der Waals surface area contributed by atoms with Crippen molar-refractivity contribution in [1.29, 1.82) is 0 Å². The summed E-state index contributed by atoms with van der Waals surface area (Å²) in [4.78, 5) is 23.0. The van der Waals surface area contributed by atoms with Gasteiger partial charge >= 0.3 is 11.7 Å². The van der Waals surface area contributed by atoms with Crippen LogP contribution in [-0.4, -0.2) is 30.2 Å². The Bertz CT molecular complexity index is 1530. The van der Waals surface area contributed by atoms with Crippen LogP contribution >= 0.6 is 0 Å². The van der Waals surface area contributed by atoms with Crippen LogP contribution in [0.5, 0.6) is 23.0 Å². The summed E-state index contributed by atoms with van der Waals surface area (Å²) in [6.45, 7) is 0. The zero-order valence-electron chi connectivity index (χ0n) is 20.4. The van der Waals surface area contributed by atoms with Gasteiger partial charge in [0.2, 0.25) is 11.5 Å². The van der Waals surface area contributed by atoms with E-state index in [0.717, 1.165) is 0 Å². The lowest BCUT2D eigenvalue weighted by Gasteiger charge is -2.13. The SMILES string of the molecule is COc1cccc(Oc2ccc(C=Cc3cc(-c4ccc(F)cc4)ccc3C(=O)O)cc2[N+](=O)[O-])c1OC. The van der Waals surface area contributed by atoms with Gasteiger partial charge < -0.3 is 19.3 Å². The van der Waals surface area contributed by atoms with E-state index in [2.05, 4.69) is 0 Å². The molecule has 9 heteroatoms. The number of carboxylic acids is 1. The Morgan fingerprint density at radius 1 is 0.868 bits per heavy atom. The Labute approximate surface area is 217 Å². The third-order valence-corrected chi connectivity index (χ3v) is 5.68. The molecule has 4 rings (SSSR count). The van der Waals surface area contributed by atoms with Gasteiger partial charge in [0, 0.05) is 6.07 Å². The van der Waals surface area contributed by atoms with E-state index in [1.54, 1.807) is 60.7 Å². The van der Waals surface area contributed by atoms with Crippen LogP contribution in [0.25, 0.3) is 23.3 Å². The number of benzene rings is 4. The van der Waals surface area contributed by atoms with E-state index in [9.17, 15) is 24.4 Å². The van der Waals surface area contributed by atoms with E-state index in [1.807, 2.05) is 0 Å². The number of aromatic carboxylic acids is 1. The first kappa shape index (κ1) is 25.9. The summed E-state index contributed by atoms with van der Waals surface area (Å²) in [6, 6.07) is 19.9. The highest BCUT2D eigenvalue weighted by molar-refractivity contribution is 5.94. The summed E-state index contributed by atoms with van der Waals surface area (Å²) in [6.07, 6.45) is 3.13. The summed E-state index contributed by atoms with van der Waals surface area (Å²) < 4.78 is 29.7. The van der Waals surface area contributed by atoms with Crippen LogP contribution in [0.15, 0.2) is 78.9 Å². The Balaban J connectivity index is 1.68. The highest BCUT2D eigenvalue weighted by Gasteiger charge is 2.19. The fourth-order valence-corrected chi connectivity index (χ4v) is 3.83. The van der Waals surface area contributed by atoms with E-state index >= 15 is 0 Å². The number of hydrogen-bond donors (Lipinski definition) is 1. The van der Waals surface area contributed by atoms with E-state index in [-0.39, 0.29) is 34.3 Å². The van der Waals surface area contributed by atoms with E-state index < -0.39 is 10.9 Å². The maximum absolute atomic E-state index is 13.3. The Hall–Kier alpha value is -5.18. The second-order valence-electron chi connectivity index (χ2n) is 8.03. The molecule has 0 amide bonds. The predicted octanol–water partition coefficient (Wildman–Crippen LogP) is 7.08. The van der Waals surface area contributed by atoms with Crippen molar-refractivity contribution in [2.24, 2.45) is 0 Å². The zero-order chi connectivity index (χ0) is 27.2. The normalized spacial score (nSPS) is 10.8. The Kier molecular flexibility index (Phi) is 7.67. The van der Waals surface area contributed by atoms with Crippen molar-refractivity contribution >= 4 is 23.8 Å². The van der Waals surface area contributed by atoms with Crippen LogP contribution in [0, 0.1) is 15.9 Å². The minimum atomic E-state index is -1.13. The molecule has 192 valence electrons. The molecule has 0 spiro atoms. The van der Waals surface area contributed by atoms with Gasteiger partial charge in [-0.15, -0.1) is 0 Å². The average molecular weight is 515 g/mol. The molecule has 0 aliphatic carbocycles. The van der Waals surface area contributed by atoms with Gasteiger partial charge in [-0.3, -0.25) is 10.1 Å². The monoisotopic (exact) mass is 515 g/mol. The molecular formula is C29H22FNO7. The molecule has 8 nitrogen and oxygen atoms in total. The molecule has 0 aliphatic heterocycles. The number of para-hydroxylation sites is 1. The zero-order valence-corrected chi connectivity index (χ0v) is 20.4. The molecule has 0 bridgehead atoms. The second kappa shape index (κ2) is 11.3. The molecule has 38 heavy (non-hydrogen) atoms. The first-order chi connectivity index (χ1) is 18.3. The molecule has 4 aromatic carbocycles. The number of hydrogen-bond acceptors (Lipinski definition) is 6. The summed E-state index contributed by atoms with van der Waals surface area (Å²) in [5.41, 5.74) is 1.98. The minimum Gasteiger partial charge on any atom is -0.493 e. The molecule has 1 N–H and O–H groups in total. The van der Waals surface area contributed by atoms with E-state index in [1.165, 1.54) is 44.6 Å². The van der Waals surface area contributed by atoms with Crippen LogP contribution < -0.4 is 14.2 Å². The number of ether oxygens (including phenoxy) is 3. The van der Waals surface area contributed by atoms with Gasteiger partial charge in [-0.05, 0) is 64.7 Å². The van der Waals surface area contributed by atoms with Crippen LogP contribution in [0.4, 0.5) is 10.1 Å². The van der Waals surface area contributed by atoms with Gasteiger partial charge in [0.1, 0.15) is 5.82 Å². The number of nitro groups is 1. The van der Waals surface area contributed by atoms with Crippen molar-refractivity contribution in [3.05, 3.63) is 111 Å². The molecule has 0 radical (unpaired) electrons. The maximum atomic E-state index is 13.3. The smallest absolute Gasteiger partial charge is 0.336 e. The molecule has 0 aliphatic rings. The van der Waals surface area contributed by atoms with Crippen molar-refractivity contribution in [2.75, 3.05) is 14.2 Å². The topological polar surface area (TPSA) is 108 Å². The molecule has 4 aromatic rings. The number of carboxylic acid groups (broad SMARTS) is 1. The molecule has 0 unspecified atom stereocenters. The highest BCUT2D eigenvalue weighted by atomic mass is 19.1. The lowest BCUT2D eigenvalue weighted by atomic mass is 9.98. The second-order valence-corrected chi connectivity index (χ2v) is 8.03. The Morgan fingerprint density at radius 3 is 2.24 bits per heavy atom. The summed E-state index contributed by atoms with van der Waals surface area (Å²) in [5.74, 6) is -0.586. The summed E-state index contributed by atoms with van der Waals surface area (Å²) in [7, 11) is 2.90. The number of methoxy groups -OCH3 is 2. The number of halogens is 1. The molecule has 0 aromatic heterocycles. The third-order valence-electron chi connectivity index (χ3n) is 5.68. The quantitative estimate of drug-likeness (QED) is 0.144. The number of rotatable bonds is 9. The fraction of sp³-hybridized carbons (Fsp3) is 0.0690. The molecule has 0 saturated carbocycles. The van der Waals surface area contributed by atoms with E-state index in [4.69, 9.17) is 14.2 Å². The van der Waals surface area contributed by atoms with E-state index in [0.29, 0.717) is 28.0 Å². The Morgan fingerprint density at radius 2 is 1.58 bits per heavy atom. The standard InChI is InChI=1S/C29H22FNO7/c1-36-26-4-3-5-27(28(26)37-2)38-25-15-7-18(16-24(25)31(34)35)6-8-21-17-20(11-14-23(21)29(32)33)19-9-12-22(30)13-10-19/h3-17H,1-2H3,(H,32,33). The van der Waals surface area contributed by atoms with Crippen LogP contribution in [-0.2, 0) is 0 Å². The average Bonchev–Trinajstić information content (AvgIpc) is 2.92. The van der Waals surface area contributed by atoms with Crippen molar-refractivity contribution in [3.63, 3.8) is 0 Å². The lowest BCUT2D eigenvalue weighted by Crippen LogP contribution is -1.99. The van der Waals surface area contributed by atoms with Crippen molar-refractivity contribution in [3.8, 4) is 34.1 Å². The van der Waals surface area contributed by atoms with Gasteiger partial charge in [-0.1, -0.05) is 42.5 Å². The highest BCUT2D eigenvalue weighted by Crippen LogP contribution is 2.41. The molecule has 0 fully saturated rings. The van der Waals surface area contributed by atoms with Gasteiger partial charge in [0.05, 0.1) is 24.7 Å². The number of nitrogens with zero attached hydrogens (tertiary/aromatic N) is 1. The molecule has 0 saturated heterocycles. The maximum Gasteiger partial charge on any atom is 0.336 e. The van der Waals surface area contributed by atoms with Crippen LogP contribution in [0.2, 0.25) is 0 Å². The molecular weight excluding hydrogens is 493 g/mol.